The molecule has 6 nitrogen and oxygen atoms in total. The molecule has 1 aliphatic rings. The Kier molecular flexibility index (Phi) is 7.44. The van der Waals surface area contributed by atoms with E-state index in [0.717, 1.165) is 5.56 Å². The molecule has 0 bridgehead atoms. The third-order valence-electron chi connectivity index (χ3n) is 5.95. The number of aliphatic hydroxyl groups excluding tert-OH is 2. The highest BCUT2D eigenvalue weighted by atomic mass is 19.1. The molecule has 7 heteroatoms. The first-order chi connectivity index (χ1) is 16.0. The zero-order chi connectivity index (χ0) is 23.2. The van der Waals surface area contributed by atoms with Crippen LogP contribution < -0.4 is 9.64 Å². The molecule has 1 fully saturated rings. The number of β-amino-alcohol motifs (C(OH)–C–C–N with tert-alkyl or cyclic N) is 1. The van der Waals surface area contributed by atoms with Gasteiger partial charge in [-0.3, -0.25) is 4.90 Å². The molecule has 174 valence electrons. The highest BCUT2D eigenvalue weighted by Gasteiger charge is 2.31. The Hall–Kier alpha value is -3.13. The van der Waals surface area contributed by atoms with E-state index in [1.165, 1.54) is 12.1 Å². The average molecular weight is 453 g/mol. The molecule has 3 N–H and O–H groups in total. The Morgan fingerprint density at radius 1 is 1.00 bits per heavy atom. The summed E-state index contributed by atoms with van der Waals surface area (Å²) < 4.78 is 18.6. The number of piperazine rings is 1. The number of aliphatic hydroxyl groups is 2. The van der Waals surface area contributed by atoms with Gasteiger partial charge in [-0.1, -0.05) is 42.5 Å². The van der Waals surface area contributed by atoms with Crippen LogP contribution in [0, 0.1) is 5.82 Å². The number of halogens is 1. The van der Waals surface area contributed by atoms with E-state index >= 15 is 0 Å². The largest absolute Gasteiger partial charge is 0.506 e. The summed E-state index contributed by atoms with van der Waals surface area (Å²) in [4.78, 5) is 4.36. The number of rotatable bonds is 8. The summed E-state index contributed by atoms with van der Waals surface area (Å²) in [6.07, 6.45) is -0.718. The summed E-state index contributed by atoms with van der Waals surface area (Å²) in [7, 11) is 0. The van der Waals surface area contributed by atoms with Gasteiger partial charge in [0.25, 0.3) is 0 Å². The first-order valence-corrected chi connectivity index (χ1v) is 11.1. The fourth-order valence-corrected chi connectivity index (χ4v) is 4.29. The van der Waals surface area contributed by atoms with E-state index in [1.54, 1.807) is 24.3 Å². The van der Waals surface area contributed by atoms with Crippen LogP contribution in [0.3, 0.4) is 0 Å². The van der Waals surface area contributed by atoms with Gasteiger partial charge in [-0.2, -0.15) is 0 Å². The fourth-order valence-electron chi connectivity index (χ4n) is 4.29. The number of benzene rings is 3. The summed E-state index contributed by atoms with van der Waals surface area (Å²) in [6.45, 7) is 2.52. The quantitative estimate of drug-likeness (QED) is 0.486. The van der Waals surface area contributed by atoms with Gasteiger partial charge >= 0.3 is 0 Å². The van der Waals surface area contributed by atoms with Crippen molar-refractivity contribution in [1.82, 2.24) is 4.90 Å². The van der Waals surface area contributed by atoms with Crippen LogP contribution in [0.2, 0.25) is 0 Å². The van der Waals surface area contributed by atoms with Gasteiger partial charge in [0.2, 0.25) is 0 Å². The zero-order valence-corrected chi connectivity index (χ0v) is 18.3. The molecule has 0 aliphatic carbocycles. The molecule has 3 aromatic carbocycles. The predicted molar refractivity (Wildman–Crippen MR) is 125 cm³/mol. The van der Waals surface area contributed by atoms with E-state index in [4.69, 9.17) is 9.84 Å². The Morgan fingerprint density at radius 3 is 2.45 bits per heavy atom. The smallest absolute Gasteiger partial charge is 0.142 e. The number of hydrogen-bond donors (Lipinski definition) is 3. The van der Waals surface area contributed by atoms with Gasteiger partial charge in [0.05, 0.1) is 24.4 Å². The van der Waals surface area contributed by atoms with Gasteiger partial charge < -0.3 is 25.0 Å². The first kappa shape index (κ1) is 23.0. The lowest BCUT2D eigenvalue weighted by atomic mass is 10.00. The van der Waals surface area contributed by atoms with Gasteiger partial charge in [0.1, 0.15) is 23.9 Å². The normalized spacial score (nSPS) is 17.7. The number of ether oxygens (including phenoxy) is 1. The molecule has 1 aliphatic heterocycles. The second-order valence-corrected chi connectivity index (χ2v) is 8.17. The van der Waals surface area contributed by atoms with Crippen LogP contribution in [0.5, 0.6) is 11.5 Å². The van der Waals surface area contributed by atoms with E-state index < -0.39 is 6.10 Å². The molecule has 2 atom stereocenters. The van der Waals surface area contributed by atoms with Crippen molar-refractivity contribution in [3.63, 3.8) is 0 Å². The Morgan fingerprint density at radius 2 is 1.76 bits per heavy atom. The van der Waals surface area contributed by atoms with E-state index in [0.29, 0.717) is 43.2 Å². The topological polar surface area (TPSA) is 76.4 Å². The van der Waals surface area contributed by atoms with Crippen LogP contribution in [0.25, 0.3) is 0 Å². The van der Waals surface area contributed by atoms with Crippen molar-refractivity contribution >= 4 is 5.69 Å². The zero-order valence-electron chi connectivity index (χ0n) is 18.3. The highest BCUT2D eigenvalue weighted by Crippen LogP contribution is 2.38. The maximum atomic E-state index is 13.2. The number of anilines is 1. The number of hydrogen-bond acceptors (Lipinski definition) is 6. The fraction of sp³-hybridized carbons (Fsp3) is 0.308. The Bertz CT molecular complexity index is 1030. The molecule has 0 aromatic heterocycles. The second-order valence-electron chi connectivity index (χ2n) is 8.17. The predicted octanol–water partition coefficient (Wildman–Crippen LogP) is 3.50. The highest BCUT2D eigenvalue weighted by molar-refractivity contribution is 5.62. The summed E-state index contributed by atoms with van der Waals surface area (Å²) in [6, 6.07) is 21.2. The molecule has 0 radical (unpaired) electrons. The minimum Gasteiger partial charge on any atom is -0.506 e. The molecule has 3 aromatic rings. The van der Waals surface area contributed by atoms with E-state index in [2.05, 4.69) is 21.9 Å². The van der Waals surface area contributed by atoms with Gasteiger partial charge in [-0.05, 0) is 35.4 Å². The number of phenols is 1. The van der Waals surface area contributed by atoms with Crippen LogP contribution in [0.4, 0.5) is 10.1 Å². The van der Waals surface area contributed by atoms with Crippen molar-refractivity contribution in [2.75, 3.05) is 44.3 Å². The summed E-state index contributed by atoms with van der Waals surface area (Å²) >= 11 is 0. The van der Waals surface area contributed by atoms with Gasteiger partial charge in [-0.25, -0.2) is 4.39 Å². The molecular weight excluding hydrogens is 423 g/mol. The number of nitrogens with zero attached hydrogens (tertiary/aromatic N) is 2. The summed E-state index contributed by atoms with van der Waals surface area (Å²) in [5.41, 5.74) is 2.50. The molecule has 1 unspecified atom stereocenters. The van der Waals surface area contributed by atoms with Crippen molar-refractivity contribution in [3.8, 4) is 11.5 Å². The molecule has 0 spiro atoms. The Labute approximate surface area is 193 Å². The van der Waals surface area contributed by atoms with Crippen LogP contribution in [0.1, 0.15) is 23.3 Å². The van der Waals surface area contributed by atoms with Gasteiger partial charge in [0.15, 0.2) is 0 Å². The number of aromatic hydroxyl groups is 1. The molecule has 33 heavy (non-hydrogen) atoms. The first-order valence-electron chi connectivity index (χ1n) is 11.1. The lowest BCUT2D eigenvalue weighted by Crippen LogP contribution is -2.49. The van der Waals surface area contributed by atoms with Crippen LogP contribution in [0.15, 0.2) is 72.8 Å². The van der Waals surface area contributed by atoms with Crippen molar-refractivity contribution in [3.05, 3.63) is 89.7 Å². The monoisotopic (exact) mass is 452 g/mol. The van der Waals surface area contributed by atoms with E-state index in [9.17, 15) is 14.6 Å². The SMILES string of the molecule is OCCOc1ccc(N2CCN(CC(O)c3ccc(F)cc3)C[C@H]2c2ccccc2)c(O)c1. The molecule has 1 saturated heterocycles. The third kappa shape index (κ3) is 5.63. The van der Waals surface area contributed by atoms with Gasteiger partial charge in [-0.15, -0.1) is 0 Å². The average Bonchev–Trinajstić information content (AvgIpc) is 2.84. The standard InChI is InChI=1S/C26H29FN2O4/c27-21-8-6-20(7-9-21)26(32)18-28-12-13-29(24(17-28)19-4-2-1-3-5-19)23-11-10-22(16-25(23)31)33-15-14-30/h1-11,16,24,26,30-32H,12-15,17-18H2/t24-,26?/m0/s1. The van der Waals surface area contributed by atoms with Crippen LogP contribution >= 0.6 is 0 Å². The minimum atomic E-state index is -0.718. The van der Waals surface area contributed by atoms with Crippen LogP contribution in [-0.2, 0) is 0 Å². The third-order valence-corrected chi connectivity index (χ3v) is 5.95. The summed E-state index contributed by atoms with van der Waals surface area (Å²) in [5, 5.41) is 30.4. The van der Waals surface area contributed by atoms with Crippen molar-refractivity contribution < 1.29 is 24.4 Å². The van der Waals surface area contributed by atoms with Crippen molar-refractivity contribution in [2.45, 2.75) is 12.1 Å². The minimum absolute atomic E-state index is 0.0320. The molecule has 0 saturated carbocycles. The molecular formula is C26H29FN2O4. The van der Waals surface area contributed by atoms with E-state index in [-0.39, 0.29) is 30.8 Å². The van der Waals surface area contributed by atoms with Crippen molar-refractivity contribution in [2.24, 2.45) is 0 Å². The molecule has 0 amide bonds. The molecule has 4 rings (SSSR count). The Balaban J connectivity index is 1.54. The lowest BCUT2D eigenvalue weighted by Gasteiger charge is -2.43. The lowest BCUT2D eigenvalue weighted by molar-refractivity contribution is 0.100. The second kappa shape index (κ2) is 10.7. The van der Waals surface area contributed by atoms with E-state index in [1.807, 2.05) is 24.3 Å². The maximum Gasteiger partial charge on any atom is 0.142 e. The van der Waals surface area contributed by atoms with Gasteiger partial charge in [0, 0.05) is 32.2 Å². The summed E-state index contributed by atoms with van der Waals surface area (Å²) in [5.74, 6) is 0.296. The van der Waals surface area contributed by atoms with Crippen molar-refractivity contribution in [1.29, 1.82) is 0 Å². The molecule has 1 heterocycles. The maximum absolute atomic E-state index is 13.2. The number of phenolic OH excluding ortho intramolecular Hbond substituents is 1. The van der Waals surface area contributed by atoms with Crippen LogP contribution in [-0.4, -0.2) is 59.6 Å².